The van der Waals surface area contributed by atoms with E-state index in [1.807, 2.05) is 23.1 Å². The van der Waals surface area contributed by atoms with Gasteiger partial charge in [0.15, 0.2) is 0 Å². The maximum atomic E-state index is 12.6. The molecule has 3 heteroatoms. The topological polar surface area (TPSA) is 33.2 Å². The fourth-order valence-corrected chi connectivity index (χ4v) is 3.08. The molecule has 1 saturated heterocycles. The van der Waals surface area contributed by atoms with Gasteiger partial charge in [0, 0.05) is 18.8 Å². The van der Waals surface area contributed by atoms with Gasteiger partial charge in [0.05, 0.1) is 11.7 Å². The summed E-state index contributed by atoms with van der Waals surface area (Å²) in [6.45, 7) is 5.07. The van der Waals surface area contributed by atoms with E-state index in [9.17, 15) is 4.79 Å². The van der Waals surface area contributed by atoms with Crippen molar-refractivity contribution in [3.8, 4) is 0 Å². The first-order valence-electron chi connectivity index (χ1n) is 8.12. The van der Waals surface area contributed by atoms with Gasteiger partial charge in [0.1, 0.15) is 0 Å². The van der Waals surface area contributed by atoms with E-state index in [1.165, 1.54) is 16.7 Å². The highest BCUT2D eigenvalue weighted by Crippen LogP contribution is 2.33. The third-order valence-corrected chi connectivity index (χ3v) is 4.54. The number of carbonyl (C=O) groups excluding carboxylic acids is 1. The van der Waals surface area contributed by atoms with Crippen LogP contribution in [0.2, 0.25) is 0 Å². The number of carbonyl (C=O) groups is 1. The van der Waals surface area contributed by atoms with Crippen molar-refractivity contribution in [1.82, 2.24) is 9.88 Å². The molecule has 1 atom stereocenters. The summed E-state index contributed by atoms with van der Waals surface area (Å²) < 4.78 is 0. The van der Waals surface area contributed by atoms with Gasteiger partial charge < -0.3 is 4.90 Å². The molecule has 2 aromatic rings. The molecule has 0 saturated carbocycles. The molecule has 3 nitrogen and oxygen atoms in total. The Bertz CT molecular complexity index is 722. The van der Waals surface area contributed by atoms with E-state index in [-0.39, 0.29) is 11.9 Å². The van der Waals surface area contributed by atoms with Crippen LogP contribution in [-0.4, -0.2) is 22.3 Å². The van der Waals surface area contributed by atoms with Crippen LogP contribution >= 0.6 is 0 Å². The summed E-state index contributed by atoms with van der Waals surface area (Å²) in [6, 6.07) is 12.4. The highest BCUT2D eigenvalue weighted by atomic mass is 16.2. The van der Waals surface area contributed by atoms with Crippen molar-refractivity contribution in [2.24, 2.45) is 0 Å². The van der Waals surface area contributed by atoms with Crippen molar-refractivity contribution in [2.45, 2.75) is 32.7 Å². The molecule has 118 valence electrons. The van der Waals surface area contributed by atoms with Crippen molar-refractivity contribution in [2.75, 3.05) is 6.54 Å². The van der Waals surface area contributed by atoms with Gasteiger partial charge in [-0.2, -0.15) is 0 Å². The molecule has 0 radical (unpaired) electrons. The third-order valence-electron chi connectivity index (χ3n) is 4.54. The lowest BCUT2D eigenvalue weighted by molar-refractivity contribution is -0.126. The van der Waals surface area contributed by atoms with Crippen LogP contribution in [0.25, 0.3) is 6.08 Å². The quantitative estimate of drug-likeness (QED) is 0.801. The lowest BCUT2D eigenvalue weighted by Gasteiger charge is -2.24. The molecule has 23 heavy (non-hydrogen) atoms. The molecule has 1 fully saturated rings. The van der Waals surface area contributed by atoms with E-state index >= 15 is 0 Å². The van der Waals surface area contributed by atoms with Crippen molar-refractivity contribution in [3.63, 3.8) is 0 Å². The predicted molar refractivity (Wildman–Crippen MR) is 92.9 cm³/mol. The van der Waals surface area contributed by atoms with Crippen LogP contribution in [0.5, 0.6) is 0 Å². The number of rotatable bonds is 3. The molecule has 0 spiro atoms. The molecule has 3 rings (SSSR count). The molecule has 2 heterocycles. The van der Waals surface area contributed by atoms with Crippen molar-refractivity contribution in [1.29, 1.82) is 0 Å². The highest BCUT2D eigenvalue weighted by Gasteiger charge is 2.28. The fraction of sp³-hybridized carbons (Fsp3) is 0.300. The molecule has 1 aliphatic rings. The summed E-state index contributed by atoms with van der Waals surface area (Å²) in [4.78, 5) is 18.8. The molecular formula is C20H22N2O. The Labute approximate surface area is 137 Å². The van der Waals surface area contributed by atoms with Gasteiger partial charge in [-0.25, -0.2) is 0 Å². The molecule has 1 amide bonds. The number of hydrogen-bond acceptors (Lipinski definition) is 2. The van der Waals surface area contributed by atoms with Gasteiger partial charge in [-0.15, -0.1) is 0 Å². The predicted octanol–water partition coefficient (Wildman–Crippen LogP) is 4.08. The van der Waals surface area contributed by atoms with E-state index < -0.39 is 0 Å². The normalized spacial score (nSPS) is 17.8. The number of aromatic nitrogens is 1. The zero-order valence-electron chi connectivity index (χ0n) is 13.7. The second-order valence-corrected chi connectivity index (χ2v) is 6.12. The van der Waals surface area contributed by atoms with Gasteiger partial charge in [-0.3, -0.25) is 9.78 Å². The van der Waals surface area contributed by atoms with Gasteiger partial charge in [-0.05, 0) is 61.6 Å². The van der Waals surface area contributed by atoms with Crippen molar-refractivity contribution in [3.05, 3.63) is 71.1 Å². The van der Waals surface area contributed by atoms with Gasteiger partial charge in [-0.1, -0.05) is 24.3 Å². The third kappa shape index (κ3) is 3.50. The molecular weight excluding hydrogens is 284 g/mol. The lowest BCUT2D eigenvalue weighted by Crippen LogP contribution is -2.28. The van der Waals surface area contributed by atoms with Gasteiger partial charge in [0.25, 0.3) is 0 Å². The van der Waals surface area contributed by atoms with Crippen LogP contribution in [0.4, 0.5) is 0 Å². The molecule has 0 N–H and O–H groups in total. The number of nitrogens with zero attached hydrogens (tertiary/aromatic N) is 2. The minimum Gasteiger partial charge on any atom is -0.332 e. The van der Waals surface area contributed by atoms with Gasteiger partial charge >= 0.3 is 0 Å². The Hall–Kier alpha value is -2.42. The summed E-state index contributed by atoms with van der Waals surface area (Å²) >= 11 is 0. The molecule has 0 aliphatic carbocycles. The Morgan fingerprint density at radius 2 is 2.09 bits per heavy atom. The number of benzene rings is 1. The largest absolute Gasteiger partial charge is 0.332 e. The van der Waals surface area contributed by atoms with Crippen LogP contribution in [-0.2, 0) is 4.79 Å². The average molecular weight is 306 g/mol. The van der Waals surface area contributed by atoms with Crippen molar-refractivity contribution < 1.29 is 4.79 Å². The molecule has 1 aliphatic heterocycles. The standard InChI is InChI=1S/C20H22N2O/c1-15-8-9-17(14-16(15)2)19-7-5-13-22(19)20(23)11-10-18-6-3-4-12-21-18/h3-4,6,8-12,14,19H,5,7,13H2,1-2H3. The molecule has 1 aromatic heterocycles. The highest BCUT2D eigenvalue weighted by molar-refractivity contribution is 5.92. The summed E-state index contributed by atoms with van der Waals surface area (Å²) in [5.41, 5.74) is 4.62. The smallest absolute Gasteiger partial charge is 0.247 e. The summed E-state index contributed by atoms with van der Waals surface area (Å²) in [7, 11) is 0. The summed E-state index contributed by atoms with van der Waals surface area (Å²) in [5.74, 6) is 0.0661. The van der Waals surface area contributed by atoms with E-state index in [1.54, 1.807) is 18.3 Å². The maximum Gasteiger partial charge on any atom is 0.247 e. The first-order chi connectivity index (χ1) is 11.1. The molecule has 1 aromatic carbocycles. The number of pyridine rings is 1. The SMILES string of the molecule is Cc1ccc(C2CCCN2C(=O)C=Cc2ccccn2)cc1C. The summed E-state index contributed by atoms with van der Waals surface area (Å²) in [5, 5.41) is 0. The average Bonchev–Trinajstić information content (AvgIpc) is 3.06. The number of amides is 1. The van der Waals surface area contributed by atoms with E-state index in [2.05, 4.69) is 37.0 Å². The number of likely N-dealkylation sites (tertiary alicyclic amines) is 1. The van der Waals surface area contributed by atoms with Crippen LogP contribution in [0.15, 0.2) is 48.7 Å². The van der Waals surface area contributed by atoms with Gasteiger partial charge in [0.2, 0.25) is 5.91 Å². The Morgan fingerprint density at radius 1 is 1.22 bits per heavy atom. The monoisotopic (exact) mass is 306 g/mol. The van der Waals surface area contributed by atoms with E-state index in [4.69, 9.17) is 0 Å². The number of aryl methyl sites for hydroxylation is 2. The Balaban J connectivity index is 1.77. The maximum absolute atomic E-state index is 12.6. The Morgan fingerprint density at radius 3 is 2.83 bits per heavy atom. The van der Waals surface area contributed by atoms with Crippen LogP contribution in [0.1, 0.15) is 41.3 Å². The second kappa shape index (κ2) is 6.78. The second-order valence-electron chi connectivity index (χ2n) is 6.12. The Kier molecular flexibility index (Phi) is 4.56. The zero-order valence-corrected chi connectivity index (χ0v) is 13.7. The minimum absolute atomic E-state index is 0.0661. The number of hydrogen-bond donors (Lipinski definition) is 0. The minimum atomic E-state index is 0.0661. The summed E-state index contributed by atoms with van der Waals surface area (Å²) in [6.07, 6.45) is 7.25. The molecule has 0 bridgehead atoms. The molecule has 1 unspecified atom stereocenters. The first-order valence-corrected chi connectivity index (χ1v) is 8.12. The zero-order chi connectivity index (χ0) is 16.2. The van der Waals surface area contributed by atoms with E-state index in [0.717, 1.165) is 25.1 Å². The van der Waals surface area contributed by atoms with Crippen molar-refractivity contribution >= 4 is 12.0 Å². The van der Waals surface area contributed by atoms with Crippen LogP contribution in [0, 0.1) is 13.8 Å². The fourth-order valence-electron chi connectivity index (χ4n) is 3.08. The van der Waals surface area contributed by atoms with Crippen LogP contribution in [0.3, 0.4) is 0 Å². The van der Waals surface area contributed by atoms with E-state index in [0.29, 0.717) is 0 Å². The first kappa shape index (κ1) is 15.5. The lowest BCUT2D eigenvalue weighted by atomic mass is 9.99. The van der Waals surface area contributed by atoms with Crippen LogP contribution < -0.4 is 0 Å².